The molecule has 2 aromatic rings. The molecule has 0 aliphatic rings. The number of aromatic nitrogens is 2. The Morgan fingerprint density at radius 3 is 2.89 bits per heavy atom. The van der Waals surface area contributed by atoms with Gasteiger partial charge in [0.05, 0.1) is 0 Å². The summed E-state index contributed by atoms with van der Waals surface area (Å²) in [7, 11) is 0. The molecule has 18 heavy (non-hydrogen) atoms. The first-order valence-electron chi connectivity index (χ1n) is 6.21. The van der Waals surface area contributed by atoms with Crippen molar-refractivity contribution in [3.63, 3.8) is 0 Å². The van der Waals surface area contributed by atoms with Gasteiger partial charge in [0.2, 0.25) is 0 Å². The molecular weight excluding hydrogens is 224 g/mol. The minimum atomic E-state index is 0.881. The Balaban J connectivity index is 1.84. The van der Waals surface area contributed by atoms with Gasteiger partial charge >= 0.3 is 0 Å². The predicted molar refractivity (Wildman–Crippen MR) is 74.8 cm³/mol. The Morgan fingerprint density at radius 2 is 2.11 bits per heavy atom. The topological polar surface area (TPSA) is 49.8 Å². The largest absolute Gasteiger partial charge is 0.385 e. The van der Waals surface area contributed by atoms with Crippen molar-refractivity contribution in [2.45, 2.75) is 13.3 Å². The minimum absolute atomic E-state index is 0.881. The summed E-state index contributed by atoms with van der Waals surface area (Å²) in [6, 6.07) is 8.05. The van der Waals surface area contributed by atoms with Crippen molar-refractivity contribution in [2.24, 2.45) is 0 Å². The lowest BCUT2D eigenvalue weighted by molar-refractivity contribution is 1.00. The molecule has 0 saturated carbocycles. The highest BCUT2D eigenvalue weighted by molar-refractivity contribution is 5.51. The first-order chi connectivity index (χ1) is 8.88. The number of rotatable bonds is 6. The van der Waals surface area contributed by atoms with Gasteiger partial charge in [0.25, 0.3) is 0 Å². The van der Waals surface area contributed by atoms with Crippen LogP contribution in [0, 0.1) is 0 Å². The van der Waals surface area contributed by atoms with Crippen LogP contribution in [-0.2, 0) is 6.42 Å². The van der Waals surface area contributed by atoms with E-state index in [-0.39, 0.29) is 0 Å². The third-order valence-electron chi connectivity index (χ3n) is 2.58. The molecule has 0 aliphatic heterocycles. The van der Waals surface area contributed by atoms with Crippen molar-refractivity contribution >= 4 is 11.5 Å². The van der Waals surface area contributed by atoms with Crippen molar-refractivity contribution in [2.75, 3.05) is 23.7 Å². The van der Waals surface area contributed by atoms with Crippen molar-refractivity contribution < 1.29 is 0 Å². The number of pyridine rings is 2. The Labute approximate surface area is 107 Å². The van der Waals surface area contributed by atoms with Gasteiger partial charge in [-0.2, -0.15) is 0 Å². The summed E-state index contributed by atoms with van der Waals surface area (Å²) < 4.78 is 0. The molecule has 2 aromatic heterocycles. The molecule has 2 heterocycles. The molecule has 4 heteroatoms. The van der Waals surface area contributed by atoms with E-state index in [1.54, 1.807) is 6.20 Å². The van der Waals surface area contributed by atoms with Crippen LogP contribution in [0.15, 0.2) is 42.9 Å². The average Bonchev–Trinajstić information content (AvgIpc) is 2.41. The lowest BCUT2D eigenvalue weighted by Crippen LogP contribution is -2.06. The molecule has 4 nitrogen and oxygen atoms in total. The van der Waals surface area contributed by atoms with E-state index in [0.29, 0.717) is 0 Å². The molecule has 0 fully saturated rings. The Hall–Kier alpha value is -2.10. The maximum absolute atomic E-state index is 4.23. The second-order valence-electron chi connectivity index (χ2n) is 4.00. The molecule has 0 amide bonds. The molecular formula is C14H18N4. The first-order valence-corrected chi connectivity index (χ1v) is 6.21. The standard InChI is InChI=1S/C14H18N4/c1-2-16-14-10-13(6-9-18-14)17-8-5-12-4-3-7-15-11-12/h3-4,6-7,9-11H,2,5,8H2,1H3,(H2,16,17,18). The van der Waals surface area contributed by atoms with Gasteiger partial charge in [-0.15, -0.1) is 0 Å². The van der Waals surface area contributed by atoms with Crippen LogP contribution in [0.5, 0.6) is 0 Å². The highest BCUT2D eigenvalue weighted by Crippen LogP contribution is 2.11. The number of nitrogens with zero attached hydrogens (tertiary/aromatic N) is 2. The maximum Gasteiger partial charge on any atom is 0.127 e. The van der Waals surface area contributed by atoms with Crippen LogP contribution < -0.4 is 10.6 Å². The number of anilines is 2. The molecule has 0 aromatic carbocycles. The monoisotopic (exact) mass is 242 g/mol. The van der Waals surface area contributed by atoms with Gasteiger partial charge in [-0.1, -0.05) is 6.07 Å². The van der Waals surface area contributed by atoms with Gasteiger partial charge in [0.15, 0.2) is 0 Å². The van der Waals surface area contributed by atoms with Crippen LogP contribution in [-0.4, -0.2) is 23.1 Å². The van der Waals surface area contributed by atoms with E-state index >= 15 is 0 Å². The Morgan fingerprint density at radius 1 is 1.17 bits per heavy atom. The van der Waals surface area contributed by atoms with Crippen LogP contribution in [0.4, 0.5) is 11.5 Å². The van der Waals surface area contributed by atoms with E-state index in [9.17, 15) is 0 Å². The summed E-state index contributed by atoms with van der Waals surface area (Å²) >= 11 is 0. The third-order valence-corrected chi connectivity index (χ3v) is 2.58. The van der Waals surface area contributed by atoms with Crippen LogP contribution in [0.1, 0.15) is 12.5 Å². The van der Waals surface area contributed by atoms with E-state index in [2.05, 4.69) is 33.6 Å². The smallest absolute Gasteiger partial charge is 0.127 e. The summed E-state index contributed by atoms with van der Waals surface area (Å²) in [6.07, 6.45) is 6.47. The molecule has 94 valence electrons. The molecule has 2 N–H and O–H groups in total. The fourth-order valence-electron chi connectivity index (χ4n) is 1.72. The van der Waals surface area contributed by atoms with Gasteiger partial charge in [-0.3, -0.25) is 4.98 Å². The summed E-state index contributed by atoms with van der Waals surface area (Å²) in [5.74, 6) is 0.906. The van der Waals surface area contributed by atoms with Crippen molar-refractivity contribution in [1.29, 1.82) is 0 Å². The van der Waals surface area contributed by atoms with Crippen molar-refractivity contribution in [3.05, 3.63) is 48.4 Å². The molecule has 0 radical (unpaired) electrons. The Kier molecular flexibility index (Phi) is 4.53. The zero-order chi connectivity index (χ0) is 12.6. The van der Waals surface area contributed by atoms with E-state index in [0.717, 1.165) is 31.0 Å². The van der Waals surface area contributed by atoms with Crippen LogP contribution >= 0.6 is 0 Å². The minimum Gasteiger partial charge on any atom is -0.385 e. The van der Waals surface area contributed by atoms with E-state index in [1.807, 2.05) is 30.6 Å². The Bertz CT molecular complexity index is 470. The van der Waals surface area contributed by atoms with Gasteiger partial charge in [0.1, 0.15) is 5.82 Å². The van der Waals surface area contributed by atoms with Gasteiger partial charge in [0, 0.05) is 43.4 Å². The quantitative estimate of drug-likeness (QED) is 0.817. The van der Waals surface area contributed by atoms with Crippen LogP contribution in [0.25, 0.3) is 0 Å². The van der Waals surface area contributed by atoms with E-state index < -0.39 is 0 Å². The molecule has 0 aliphatic carbocycles. The second kappa shape index (κ2) is 6.59. The maximum atomic E-state index is 4.23. The molecule has 0 atom stereocenters. The average molecular weight is 242 g/mol. The molecule has 0 spiro atoms. The number of hydrogen-bond acceptors (Lipinski definition) is 4. The number of nitrogens with one attached hydrogen (secondary N) is 2. The molecule has 0 bridgehead atoms. The lowest BCUT2D eigenvalue weighted by atomic mass is 10.2. The summed E-state index contributed by atoms with van der Waals surface area (Å²) in [6.45, 7) is 3.83. The summed E-state index contributed by atoms with van der Waals surface area (Å²) in [5, 5.41) is 6.58. The van der Waals surface area contributed by atoms with Gasteiger partial charge in [-0.05, 0) is 31.0 Å². The van der Waals surface area contributed by atoms with Crippen molar-refractivity contribution in [3.8, 4) is 0 Å². The zero-order valence-corrected chi connectivity index (χ0v) is 10.6. The fourth-order valence-corrected chi connectivity index (χ4v) is 1.72. The highest BCUT2D eigenvalue weighted by Gasteiger charge is 1.96. The molecule has 0 unspecified atom stereocenters. The fraction of sp³-hybridized carbons (Fsp3) is 0.286. The molecule has 2 rings (SSSR count). The SMILES string of the molecule is CCNc1cc(NCCc2cccnc2)ccn1. The summed E-state index contributed by atoms with van der Waals surface area (Å²) in [4.78, 5) is 8.34. The normalized spacial score (nSPS) is 10.1. The lowest BCUT2D eigenvalue weighted by Gasteiger charge is -2.08. The predicted octanol–water partition coefficient (Wildman–Crippen LogP) is 2.56. The van der Waals surface area contributed by atoms with Crippen LogP contribution in [0.2, 0.25) is 0 Å². The second-order valence-corrected chi connectivity index (χ2v) is 4.00. The van der Waals surface area contributed by atoms with Crippen molar-refractivity contribution in [1.82, 2.24) is 9.97 Å². The van der Waals surface area contributed by atoms with Gasteiger partial charge < -0.3 is 10.6 Å². The first kappa shape index (κ1) is 12.4. The van der Waals surface area contributed by atoms with E-state index in [1.165, 1.54) is 5.56 Å². The summed E-state index contributed by atoms with van der Waals surface area (Å²) in [5.41, 5.74) is 2.33. The van der Waals surface area contributed by atoms with Crippen LogP contribution in [0.3, 0.4) is 0 Å². The molecule has 0 saturated heterocycles. The van der Waals surface area contributed by atoms with Gasteiger partial charge in [-0.25, -0.2) is 4.98 Å². The zero-order valence-electron chi connectivity index (χ0n) is 10.6. The number of hydrogen-bond donors (Lipinski definition) is 2. The third kappa shape index (κ3) is 3.73. The highest BCUT2D eigenvalue weighted by atomic mass is 15.0. The van der Waals surface area contributed by atoms with E-state index in [4.69, 9.17) is 0 Å².